The Hall–Kier alpha value is -2.90. The number of nitrogens with zero attached hydrogens (tertiary/aromatic N) is 5. The lowest BCUT2D eigenvalue weighted by Gasteiger charge is -2.31. The molecule has 8 nitrogen and oxygen atoms in total. The Morgan fingerprint density at radius 3 is 2.81 bits per heavy atom. The van der Waals surface area contributed by atoms with Gasteiger partial charge in [0.25, 0.3) is 5.91 Å². The molecule has 1 aliphatic heterocycles. The summed E-state index contributed by atoms with van der Waals surface area (Å²) in [6.45, 7) is 7.09. The highest BCUT2D eigenvalue weighted by Gasteiger charge is 2.34. The molecule has 0 bridgehead atoms. The number of rotatable bonds is 3. The van der Waals surface area contributed by atoms with Crippen LogP contribution in [0.4, 0.5) is 0 Å². The molecule has 1 atom stereocenters. The van der Waals surface area contributed by atoms with Crippen LogP contribution in [0, 0.1) is 13.8 Å². The normalized spacial score (nSPS) is 16.8. The lowest BCUT2D eigenvalue weighted by Crippen LogP contribution is -2.39. The summed E-state index contributed by atoms with van der Waals surface area (Å²) in [6.07, 6.45) is 2.58. The largest absolute Gasteiger partial charge is 0.351 e. The number of aromatic nitrogens is 6. The molecule has 26 heavy (non-hydrogen) atoms. The fourth-order valence-electron chi connectivity index (χ4n) is 3.56. The van der Waals surface area contributed by atoms with Gasteiger partial charge < -0.3 is 9.47 Å². The molecule has 0 aliphatic carbocycles. The lowest BCUT2D eigenvalue weighted by molar-refractivity contribution is 0.0722. The molecule has 0 aromatic carbocycles. The van der Waals surface area contributed by atoms with Gasteiger partial charge in [-0.3, -0.25) is 15.0 Å². The maximum absolute atomic E-state index is 13.2. The fourth-order valence-corrected chi connectivity index (χ4v) is 3.56. The quantitative estimate of drug-likeness (QED) is 0.751. The number of aryl methyl sites for hydroxylation is 2. The van der Waals surface area contributed by atoms with Gasteiger partial charge in [0.05, 0.1) is 23.4 Å². The minimum absolute atomic E-state index is 0.0364. The van der Waals surface area contributed by atoms with E-state index in [2.05, 4.69) is 25.4 Å². The highest BCUT2D eigenvalue weighted by atomic mass is 16.2. The van der Waals surface area contributed by atoms with Crippen molar-refractivity contribution in [1.29, 1.82) is 0 Å². The minimum atomic E-state index is -0.105. The van der Waals surface area contributed by atoms with E-state index >= 15 is 0 Å². The predicted octanol–water partition coefficient (Wildman–Crippen LogP) is 1.83. The van der Waals surface area contributed by atoms with Crippen LogP contribution in [0.3, 0.4) is 0 Å². The molecule has 1 aliphatic rings. The minimum Gasteiger partial charge on any atom is -0.351 e. The second-order valence-corrected chi connectivity index (χ2v) is 6.88. The Morgan fingerprint density at radius 2 is 2.15 bits per heavy atom. The van der Waals surface area contributed by atoms with Gasteiger partial charge in [0.15, 0.2) is 5.82 Å². The van der Waals surface area contributed by atoms with Gasteiger partial charge in [-0.15, -0.1) is 0 Å². The summed E-state index contributed by atoms with van der Waals surface area (Å²) in [7, 11) is 1.98. The highest BCUT2D eigenvalue weighted by Crippen LogP contribution is 2.31. The standard InChI is InChI=1S/C18H23N7O/c1-5-15-20-17(23-21-15)14-9-25(8-12-7-19-22-16(12)14)18(26)13-6-10(2)24(4)11(13)3/h6-7,14H,5,8-9H2,1-4H3,(H,19,22)(H,20,21,23). The molecular weight excluding hydrogens is 330 g/mol. The van der Waals surface area contributed by atoms with Crippen LogP contribution < -0.4 is 0 Å². The van der Waals surface area contributed by atoms with Crippen LogP contribution in [0.1, 0.15) is 57.5 Å². The number of carbonyl (C=O) groups excluding carboxylic acids is 1. The zero-order valence-electron chi connectivity index (χ0n) is 15.5. The summed E-state index contributed by atoms with van der Waals surface area (Å²) in [5, 5.41) is 14.6. The average molecular weight is 353 g/mol. The van der Waals surface area contributed by atoms with E-state index in [0.717, 1.165) is 40.5 Å². The molecule has 136 valence electrons. The monoisotopic (exact) mass is 353 g/mol. The molecule has 2 N–H and O–H groups in total. The molecule has 0 radical (unpaired) electrons. The van der Waals surface area contributed by atoms with E-state index in [0.29, 0.717) is 18.9 Å². The number of fused-ring (bicyclic) bond motifs is 1. The van der Waals surface area contributed by atoms with Crippen LogP contribution >= 0.6 is 0 Å². The summed E-state index contributed by atoms with van der Waals surface area (Å²) in [4.78, 5) is 19.6. The second-order valence-electron chi connectivity index (χ2n) is 6.88. The highest BCUT2D eigenvalue weighted by molar-refractivity contribution is 5.96. The van der Waals surface area contributed by atoms with Gasteiger partial charge in [0.2, 0.25) is 0 Å². The summed E-state index contributed by atoms with van der Waals surface area (Å²) in [6, 6.07) is 1.96. The van der Waals surface area contributed by atoms with Crippen LogP contribution in [0.5, 0.6) is 0 Å². The molecule has 0 saturated carbocycles. The molecule has 4 rings (SSSR count). The number of nitrogens with one attached hydrogen (secondary N) is 2. The van der Waals surface area contributed by atoms with E-state index in [1.165, 1.54) is 0 Å². The molecular formula is C18H23N7O. The zero-order valence-corrected chi connectivity index (χ0v) is 15.5. The topological polar surface area (TPSA) is 95.5 Å². The second kappa shape index (κ2) is 6.12. The van der Waals surface area contributed by atoms with Gasteiger partial charge in [0.1, 0.15) is 5.82 Å². The first-order chi connectivity index (χ1) is 12.5. The van der Waals surface area contributed by atoms with Crippen LogP contribution in [0.25, 0.3) is 0 Å². The van der Waals surface area contributed by atoms with Crippen molar-refractivity contribution in [2.45, 2.75) is 39.7 Å². The summed E-state index contributed by atoms with van der Waals surface area (Å²) in [5.74, 6) is 1.48. The van der Waals surface area contributed by atoms with Gasteiger partial charge in [-0.05, 0) is 19.9 Å². The third-order valence-electron chi connectivity index (χ3n) is 5.35. The van der Waals surface area contributed by atoms with Crippen molar-refractivity contribution >= 4 is 5.91 Å². The van der Waals surface area contributed by atoms with Gasteiger partial charge in [-0.2, -0.15) is 10.2 Å². The first-order valence-corrected chi connectivity index (χ1v) is 8.85. The first-order valence-electron chi connectivity index (χ1n) is 8.85. The fraction of sp³-hybridized carbons (Fsp3) is 0.444. The molecule has 0 fully saturated rings. The summed E-state index contributed by atoms with van der Waals surface area (Å²) < 4.78 is 2.04. The number of hydrogen-bond donors (Lipinski definition) is 2. The van der Waals surface area contributed by atoms with E-state index in [9.17, 15) is 4.79 Å². The van der Waals surface area contributed by atoms with Crippen molar-refractivity contribution < 1.29 is 4.79 Å². The van der Waals surface area contributed by atoms with Crippen molar-refractivity contribution in [1.82, 2.24) is 34.8 Å². The Morgan fingerprint density at radius 1 is 1.35 bits per heavy atom. The van der Waals surface area contributed by atoms with Crippen LogP contribution in [0.15, 0.2) is 12.3 Å². The van der Waals surface area contributed by atoms with Gasteiger partial charge in [-0.25, -0.2) is 4.98 Å². The van der Waals surface area contributed by atoms with E-state index in [-0.39, 0.29) is 11.8 Å². The Balaban J connectivity index is 1.69. The van der Waals surface area contributed by atoms with Crippen molar-refractivity contribution in [2.75, 3.05) is 6.54 Å². The summed E-state index contributed by atoms with van der Waals surface area (Å²) >= 11 is 0. The molecule has 4 heterocycles. The van der Waals surface area contributed by atoms with E-state index in [4.69, 9.17) is 0 Å². The van der Waals surface area contributed by atoms with Crippen molar-refractivity contribution in [2.24, 2.45) is 7.05 Å². The molecule has 3 aromatic rings. The number of amides is 1. The lowest BCUT2D eigenvalue weighted by atomic mass is 9.95. The smallest absolute Gasteiger partial charge is 0.256 e. The summed E-state index contributed by atoms with van der Waals surface area (Å²) in [5.41, 5.74) is 4.82. The van der Waals surface area contributed by atoms with Gasteiger partial charge in [-0.1, -0.05) is 6.92 Å². The molecule has 0 saturated heterocycles. The zero-order chi connectivity index (χ0) is 18.4. The number of hydrogen-bond acceptors (Lipinski definition) is 4. The predicted molar refractivity (Wildman–Crippen MR) is 95.8 cm³/mol. The number of carbonyl (C=O) groups is 1. The molecule has 3 aromatic heterocycles. The Labute approximate surface area is 151 Å². The third kappa shape index (κ3) is 2.53. The van der Waals surface area contributed by atoms with Crippen molar-refractivity contribution in [3.05, 3.63) is 52.1 Å². The van der Waals surface area contributed by atoms with E-state index in [1.807, 2.05) is 43.4 Å². The van der Waals surface area contributed by atoms with Crippen LogP contribution in [0.2, 0.25) is 0 Å². The Kier molecular flexibility index (Phi) is 3.90. The molecule has 0 spiro atoms. The number of H-pyrrole nitrogens is 2. The van der Waals surface area contributed by atoms with E-state index < -0.39 is 0 Å². The van der Waals surface area contributed by atoms with Crippen LogP contribution in [-0.4, -0.2) is 47.3 Å². The average Bonchev–Trinajstić information content (AvgIpc) is 3.36. The third-order valence-corrected chi connectivity index (χ3v) is 5.35. The van der Waals surface area contributed by atoms with Crippen molar-refractivity contribution in [3.63, 3.8) is 0 Å². The maximum Gasteiger partial charge on any atom is 0.256 e. The molecule has 1 amide bonds. The molecule has 8 heteroatoms. The maximum atomic E-state index is 13.2. The SMILES string of the molecule is CCc1nc(C2CN(C(=O)c3cc(C)n(C)c3C)Cc3cn[nH]c32)n[nH]1. The van der Waals surface area contributed by atoms with Crippen LogP contribution in [-0.2, 0) is 20.0 Å². The Bertz CT molecular complexity index is 964. The molecule has 1 unspecified atom stereocenters. The number of aromatic amines is 2. The van der Waals surface area contributed by atoms with E-state index in [1.54, 1.807) is 6.20 Å². The van der Waals surface area contributed by atoms with Gasteiger partial charge in [0, 0.05) is 43.5 Å². The van der Waals surface area contributed by atoms with Gasteiger partial charge >= 0.3 is 0 Å². The first kappa shape index (κ1) is 16.6. The van der Waals surface area contributed by atoms with Crippen molar-refractivity contribution in [3.8, 4) is 0 Å².